The van der Waals surface area contributed by atoms with Crippen LogP contribution < -0.4 is 5.32 Å². The fourth-order valence-electron chi connectivity index (χ4n) is 4.26. The van der Waals surface area contributed by atoms with Gasteiger partial charge < -0.3 is 15.0 Å². The minimum Gasteiger partial charge on any atom is -0.477 e. The highest BCUT2D eigenvalue weighted by Crippen LogP contribution is 2.37. The highest BCUT2D eigenvalue weighted by atomic mass is 35.5. The Morgan fingerprint density at radius 3 is 2.32 bits per heavy atom. The van der Waals surface area contributed by atoms with Gasteiger partial charge in [-0.2, -0.15) is 13.2 Å². The number of rotatable bonds is 8. The molecule has 0 saturated carbocycles. The van der Waals surface area contributed by atoms with Gasteiger partial charge in [-0.3, -0.25) is 4.79 Å². The lowest BCUT2D eigenvalue weighted by molar-refractivity contribution is -0.137. The summed E-state index contributed by atoms with van der Waals surface area (Å²) in [7, 11) is 0. The van der Waals surface area contributed by atoms with Crippen LogP contribution in [0, 0.1) is 0 Å². The molecule has 37 heavy (non-hydrogen) atoms. The molecule has 192 valence electrons. The summed E-state index contributed by atoms with van der Waals surface area (Å²) in [5.41, 5.74) is 1.73. The van der Waals surface area contributed by atoms with Gasteiger partial charge in [0.1, 0.15) is 0 Å². The van der Waals surface area contributed by atoms with Crippen molar-refractivity contribution in [1.82, 2.24) is 4.57 Å². The number of hydrogen-bond acceptors (Lipinski definition) is 2. The lowest BCUT2D eigenvalue weighted by Crippen LogP contribution is -2.16. The van der Waals surface area contributed by atoms with Gasteiger partial charge >= 0.3 is 12.1 Å². The molecule has 0 aliphatic carbocycles. The molecular formula is C28H24ClF3N2O3. The fourth-order valence-corrected chi connectivity index (χ4v) is 4.47. The molecule has 0 unspecified atom stereocenters. The number of aromatic nitrogens is 1. The molecule has 4 aromatic rings. The van der Waals surface area contributed by atoms with Crippen molar-refractivity contribution in [1.29, 1.82) is 0 Å². The zero-order valence-corrected chi connectivity index (χ0v) is 20.7. The van der Waals surface area contributed by atoms with Crippen LogP contribution in [-0.2, 0) is 17.5 Å². The van der Waals surface area contributed by atoms with Gasteiger partial charge in [0.25, 0.3) is 0 Å². The number of nitrogens with zero attached hydrogens (tertiary/aromatic N) is 1. The van der Waals surface area contributed by atoms with E-state index in [2.05, 4.69) is 5.32 Å². The summed E-state index contributed by atoms with van der Waals surface area (Å²) in [6, 6.07) is 16.9. The first-order valence-electron chi connectivity index (χ1n) is 11.7. The zero-order valence-electron chi connectivity index (χ0n) is 19.9. The second-order valence-electron chi connectivity index (χ2n) is 8.70. The number of carboxylic acids is 1. The number of amides is 1. The summed E-state index contributed by atoms with van der Waals surface area (Å²) < 4.78 is 40.6. The third kappa shape index (κ3) is 5.80. The molecule has 1 amide bonds. The van der Waals surface area contributed by atoms with Gasteiger partial charge in [0, 0.05) is 23.4 Å². The monoisotopic (exact) mass is 528 g/mol. The number of aromatic carboxylic acids is 1. The van der Waals surface area contributed by atoms with Gasteiger partial charge in [0.2, 0.25) is 5.91 Å². The SMILES string of the molecule is CCCCC(=O)Nc1c(C(=O)O)n(Cc2cccc(Cl)c2)c2ccc(-c3ccc(C(F)(F)F)cc3)cc12. The van der Waals surface area contributed by atoms with Crippen LogP contribution in [0.4, 0.5) is 18.9 Å². The Bertz CT molecular complexity index is 1460. The zero-order chi connectivity index (χ0) is 26.7. The lowest BCUT2D eigenvalue weighted by atomic mass is 10.0. The van der Waals surface area contributed by atoms with Crippen LogP contribution >= 0.6 is 11.6 Å². The number of carbonyl (C=O) groups is 2. The molecule has 1 heterocycles. The van der Waals surface area contributed by atoms with E-state index in [0.717, 1.165) is 24.1 Å². The second kappa shape index (κ2) is 10.7. The number of carboxylic acid groups (broad SMARTS) is 1. The molecule has 0 aliphatic heterocycles. The maximum Gasteiger partial charge on any atom is 0.416 e. The average Bonchev–Trinajstić information content (AvgIpc) is 3.14. The number of unbranched alkanes of at least 4 members (excludes halogenated alkanes) is 1. The maximum absolute atomic E-state index is 13.0. The predicted molar refractivity (Wildman–Crippen MR) is 138 cm³/mol. The van der Waals surface area contributed by atoms with Gasteiger partial charge in [-0.1, -0.05) is 55.3 Å². The molecule has 1 aromatic heterocycles. The third-order valence-corrected chi connectivity index (χ3v) is 6.30. The molecule has 9 heteroatoms. The quantitative estimate of drug-likeness (QED) is 0.244. The lowest BCUT2D eigenvalue weighted by Gasteiger charge is -2.10. The van der Waals surface area contributed by atoms with Gasteiger partial charge in [0.05, 0.1) is 16.8 Å². The molecule has 0 spiro atoms. The molecular weight excluding hydrogens is 505 g/mol. The first-order valence-corrected chi connectivity index (χ1v) is 12.1. The first kappa shape index (κ1) is 26.3. The predicted octanol–water partition coefficient (Wildman–Crippen LogP) is 7.86. The van der Waals surface area contributed by atoms with E-state index in [9.17, 15) is 27.9 Å². The van der Waals surface area contributed by atoms with Crippen molar-refractivity contribution >= 4 is 40.1 Å². The van der Waals surface area contributed by atoms with Crippen molar-refractivity contribution < 1.29 is 27.9 Å². The van der Waals surface area contributed by atoms with Crippen LogP contribution in [0.25, 0.3) is 22.0 Å². The van der Waals surface area contributed by atoms with Crippen LogP contribution in [0.1, 0.15) is 47.8 Å². The van der Waals surface area contributed by atoms with Crippen molar-refractivity contribution in [2.75, 3.05) is 5.32 Å². The van der Waals surface area contributed by atoms with E-state index in [4.69, 9.17) is 11.6 Å². The molecule has 0 saturated heterocycles. The molecule has 0 aliphatic rings. The van der Waals surface area contributed by atoms with Gasteiger partial charge in [-0.25, -0.2) is 4.79 Å². The Balaban J connectivity index is 1.87. The van der Waals surface area contributed by atoms with Gasteiger partial charge in [-0.15, -0.1) is 0 Å². The Labute approximate surface area is 216 Å². The van der Waals surface area contributed by atoms with Crippen LogP contribution in [-0.4, -0.2) is 21.6 Å². The minimum atomic E-state index is -4.45. The Morgan fingerprint density at radius 2 is 1.70 bits per heavy atom. The average molecular weight is 529 g/mol. The van der Waals surface area contributed by atoms with Crippen molar-refractivity contribution in [3.05, 3.63) is 88.6 Å². The van der Waals surface area contributed by atoms with Crippen molar-refractivity contribution in [3.8, 4) is 11.1 Å². The molecule has 0 radical (unpaired) electrons. The summed E-state index contributed by atoms with van der Waals surface area (Å²) in [6.45, 7) is 2.13. The number of hydrogen-bond donors (Lipinski definition) is 2. The highest BCUT2D eigenvalue weighted by Gasteiger charge is 2.30. The van der Waals surface area contributed by atoms with Crippen LogP contribution in [0.5, 0.6) is 0 Å². The number of fused-ring (bicyclic) bond motifs is 1. The topological polar surface area (TPSA) is 71.3 Å². The summed E-state index contributed by atoms with van der Waals surface area (Å²) in [4.78, 5) is 25.1. The Hall–Kier alpha value is -3.78. The van der Waals surface area contributed by atoms with E-state index in [1.807, 2.05) is 13.0 Å². The number of anilines is 1. The third-order valence-electron chi connectivity index (χ3n) is 6.06. The summed E-state index contributed by atoms with van der Waals surface area (Å²) in [5, 5.41) is 13.9. The second-order valence-corrected chi connectivity index (χ2v) is 9.14. The Morgan fingerprint density at radius 1 is 1.00 bits per heavy atom. The smallest absolute Gasteiger partial charge is 0.416 e. The van der Waals surface area contributed by atoms with Crippen LogP contribution in [0.3, 0.4) is 0 Å². The number of carbonyl (C=O) groups excluding carboxylic acids is 1. The van der Waals surface area contributed by atoms with E-state index in [-0.39, 0.29) is 30.3 Å². The number of alkyl halides is 3. The molecule has 4 rings (SSSR count). The molecule has 0 atom stereocenters. The standard InChI is InChI=1S/C28H24ClF3N2O3/c1-2-3-7-24(35)33-25-22-15-19(18-8-11-20(12-9-18)28(30,31)32)10-13-23(22)34(26(25)27(36)37)16-17-5-4-6-21(29)14-17/h4-6,8-15H,2-3,7,16H2,1H3,(H,33,35)(H,36,37). The molecule has 3 aromatic carbocycles. The highest BCUT2D eigenvalue weighted by molar-refractivity contribution is 6.30. The molecule has 0 fully saturated rings. The number of benzene rings is 3. The van der Waals surface area contributed by atoms with Crippen LogP contribution in [0.2, 0.25) is 5.02 Å². The minimum absolute atomic E-state index is 0.0932. The molecule has 0 bridgehead atoms. The van der Waals surface area contributed by atoms with E-state index >= 15 is 0 Å². The summed E-state index contributed by atoms with van der Waals surface area (Å²) in [6.07, 6.45) is -2.78. The van der Waals surface area contributed by atoms with E-state index in [1.165, 1.54) is 12.1 Å². The van der Waals surface area contributed by atoms with Gasteiger partial charge in [0.15, 0.2) is 5.69 Å². The first-order chi connectivity index (χ1) is 17.6. The largest absolute Gasteiger partial charge is 0.477 e. The molecule has 5 nitrogen and oxygen atoms in total. The molecule has 2 N–H and O–H groups in total. The normalized spacial score (nSPS) is 11.6. The van der Waals surface area contributed by atoms with Crippen molar-refractivity contribution in [2.24, 2.45) is 0 Å². The number of halogens is 4. The number of nitrogens with one attached hydrogen (secondary N) is 1. The summed E-state index contributed by atoms with van der Waals surface area (Å²) in [5.74, 6) is -1.54. The van der Waals surface area contributed by atoms with Crippen LogP contribution in [0.15, 0.2) is 66.7 Å². The van der Waals surface area contributed by atoms with E-state index < -0.39 is 17.7 Å². The maximum atomic E-state index is 13.0. The summed E-state index contributed by atoms with van der Waals surface area (Å²) >= 11 is 6.13. The fraction of sp³-hybridized carbons (Fsp3) is 0.214. The Kier molecular flexibility index (Phi) is 7.59. The van der Waals surface area contributed by atoms with E-state index in [1.54, 1.807) is 41.0 Å². The van der Waals surface area contributed by atoms with Gasteiger partial charge in [-0.05, 0) is 59.5 Å². The van der Waals surface area contributed by atoms with Crippen molar-refractivity contribution in [3.63, 3.8) is 0 Å². The van der Waals surface area contributed by atoms with E-state index in [0.29, 0.717) is 33.5 Å². The van der Waals surface area contributed by atoms with Crippen molar-refractivity contribution in [2.45, 2.75) is 38.9 Å².